The minimum absolute atomic E-state index is 0.208. The van der Waals surface area contributed by atoms with Crippen molar-refractivity contribution in [3.63, 3.8) is 0 Å². The van der Waals surface area contributed by atoms with E-state index in [-0.39, 0.29) is 24.8 Å². The molecule has 2 fully saturated rings. The fourth-order valence-corrected chi connectivity index (χ4v) is 2.79. The van der Waals surface area contributed by atoms with Gasteiger partial charge in [-0.15, -0.1) is 0 Å². The summed E-state index contributed by atoms with van der Waals surface area (Å²) in [5, 5.41) is 2.33. The summed E-state index contributed by atoms with van der Waals surface area (Å²) >= 11 is 0. The van der Waals surface area contributed by atoms with Crippen LogP contribution in [0.3, 0.4) is 0 Å². The number of hydrogen-bond donors (Lipinski definition) is 1. The molecule has 1 spiro atoms. The number of alkyl halides is 3. The SMILES string of the molecule is O=C(CC1CCC2(CC1)OCCO2)NCCC(F)(F)F. The maximum atomic E-state index is 12.0. The number of rotatable bonds is 4. The number of amides is 1. The molecule has 20 heavy (non-hydrogen) atoms. The molecule has 0 aromatic carbocycles. The van der Waals surface area contributed by atoms with E-state index in [1.165, 1.54) is 0 Å². The van der Waals surface area contributed by atoms with E-state index < -0.39 is 18.4 Å². The Kier molecular flexibility index (Phi) is 4.90. The third kappa shape index (κ3) is 4.63. The highest BCUT2D eigenvalue weighted by molar-refractivity contribution is 5.76. The Balaban J connectivity index is 1.63. The largest absolute Gasteiger partial charge is 0.390 e. The van der Waals surface area contributed by atoms with Gasteiger partial charge in [-0.3, -0.25) is 4.79 Å². The van der Waals surface area contributed by atoms with Gasteiger partial charge in [0.15, 0.2) is 5.79 Å². The quantitative estimate of drug-likeness (QED) is 0.866. The lowest BCUT2D eigenvalue weighted by Crippen LogP contribution is -2.37. The Labute approximate surface area is 116 Å². The fraction of sp³-hybridized carbons (Fsp3) is 0.923. The summed E-state index contributed by atoms with van der Waals surface area (Å²) < 4.78 is 47.0. The van der Waals surface area contributed by atoms with E-state index in [0.29, 0.717) is 13.2 Å². The molecule has 1 aliphatic carbocycles. The second-order valence-electron chi connectivity index (χ2n) is 5.47. The molecule has 1 amide bonds. The highest BCUT2D eigenvalue weighted by atomic mass is 19.4. The van der Waals surface area contributed by atoms with Crippen LogP contribution in [0.5, 0.6) is 0 Å². The molecule has 1 N–H and O–H groups in total. The highest BCUT2D eigenvalue weighted by Gasteiger charge is 2.40. The second-order valence-corrected chi connectivity index (χ2v) is 5.47. The van der Waals surface area contributed by atoms with Crippen LogP contribution in [-0.4, -0.2) is 37.6 Å². The molecule has 0 bridgehead atoms. The molecule has 1 saturated carbocycles. The molecule has 116 valence electrons. The molecule has 1 aliphatic heterocycles. The van der Waals surface area contributed by atoms with Gasteiger partial charge >= 0.3 is 6.18 Å². The minimum atomic E-state index is -4.22. The first-order valence-electron chi connectivity index (χ1n) is 7.00. The van der Waals surface area contributed by atoms with Crippen molar-refractivity contribution in [1.82, 2.24) is 5.32 Å². The lowest BCUT2D eigenvalue weighted by atomic mass is 9.83. The van der Waals surface area contributed by atoms with E-state index in [9.17, 15) is 18.0 Å². The Morgan fingerprint density at radius 2 is 1.80 bits per heavy atom. The maximum Gasteiger partial charge on any atom is 0.390 e. The van der Waals surface area contributed by atoms with Crippen molar-refractivity contribution >= 4 is 5.91 Å². The summed E-state index contributed by atoms with van der Waals surface area (Å²) in [6.07, 6.45) is -1.77. The van der Waals surface area contributed by atoms with Crippen LogP contribution < -0.4 is 5.32 Å². The molecule has 1 saturated heterocycles. The summed E-state index contributed by atoms with van der Waals surface area (Å²) in [6.45, 7) is 0.885. The summed E-state index contributed by atoms with van der Waals surface area (Å²) in [5.74, 6) is -0.550. The average molecular weight is 295 g/mol. The molecule has 0 aromatic heterocycles. The molecule has 0 radical (unpaired) electrons. The van der Waals surface area contributed by atoms with Crippen LogP contribution in [0.4, 0.5) is 13.2 Å². The molecular weight excluding hydrogens is 275 g/mol. The zero-order valence-corrected chi connectivity index (χ0v) is 11.3. The number of halogens is 3. The van der Waals surface area contributed by atoms with Crippen molar-refractivity contribution in [2.24, 2.45) is 5.92 Å². The monoisotopic (exact) mass is 295 g/mol. The van der Waals surface area contributed by atoms with Crippen LogP contribution in [0.2, 0.25) is 0 Å². The van der Waals surface area contributed by atoms with Gasteiger partial charge in [0.25, 0.3) is 0 Å². The predicted octanol–water partition coefficient (Wildman–Crippen LogP) is 2.38. The van der Waals surface area contributed by atoms with Crippen molar-refractivity contribution in [2.75, 3.05) is 19.8 Å². The number of hydrogen-bond acceptors (Lipinski definition) is 3. The van der Waals surface area contributed by atoms with Gasteiger partial charge in [0, 0.05) is 25.8 Å². The highest BCUT2D eigenvalue weighted by Crippen LogP contribution is 2.39. The standard InChI is InChI=1S/C13H20F3NO3/c14-13(15,16)5-6-17-11(18)9-10-1-3-12(4-2-10)19-7-8-20-12/h10H,1-9H2,(H,17,18). The molecule has 0 unspecified atom stereocenters. The van der Waals surface area contributed by atoms with Crippen LogP contribution in [0.25, 0.3) is 0 Å². The van der Waals surface area contributed by atoms with Gasteiger partial charge < -0.3 is 14.8 Å². The summed E-state index contributed by atoms with van der Waals surface area (Å²) in [5.41, 5.74) is 0. The Morgan fingerprint density at radius 3 is 2.35 bits per heavy atom. The Bertz CT molecular complexity index is 330. The zero-order chi connectivity index (χ0) is 14.6. The van der Waals surface area contributed by atoms with Crippen molar-refractivity contribution in [1.29, 1.82) is 0 Å². The molecule has 0 atom stereocenters. The first-order valence-corrected chi connectivity index (χ1v) is 7.00. The van der Waals surface area contributed by atoms with E-state index in [4.69, 9.17) is 9.47 Å². The van der Waals surface area contributed by atoms with Gasteiger partial charge in [0.1, 0.15) is 0 Å². The van der Waals surface area contributed by atoms with Crippen molar-refractivity contribution < 1.29 is 27.4 Å². The van der Waals surface area contributed by atoms with Gasteiger partial charge in [0.2, 0.25) is 5.91 Å². The first kappa shape index (κ1) is 15.6. The molecule has 2 aliphatic rings. The predicted molar refractivity (Wildman–Crippen MR) is 64.9 cm³/mol. The Hall–Kier alpha value is -0.820. The smallest absolute Gasteiger partial charge is 0.356 e. The fourth-order valence-electron chi connectivity index (χ4n) is 2.79. The van der Waals surface area contributed by atoms with Crippen molar-refractivity contribution in [2.45, 2.75) is 50.5 Å². The van der Waals surface area contributed by atoms with Gasteiger partial charge in [-0.05, 0) is 18.8 Å². The van der Waals surface area contributed by atoms with E-state index >= 15 is 0 Å². The summed E-state index contributed by atoms with van der Waals surface area (Å²) in [6, 6.07) is 0. The van der Waals surface area contributed by atoms with Crippen LogP contribution in [0, 0.1) is 5.92 Å². The summed E-state index contributed by atoms with van der Waals surface area (Å²) in [4.78, 5) is 11.6. The lowest BCUT2D eigenvalue weighted by Gasteiger charge is -2.35. The molecule has 4 nitrogen and oxygen atoms in total. The van der Waals surface area contributed by atoms with Crippen LogP contribution >= 0.6 is 0 Å². The van der Waals surface area contributed by atoms with Gasteiger partial charge in [-0.1, -0.05) is 0 Å². The molecular formula is C13H20F3NO3. The average Bonchev–Trinajstić information content (AvgIpc) is 2.79. The Morgan fingerprint density at radius 1 is 1.20 bits per heavy atom. The zero-order valence-electron chi connectivity index (χ0n) is 11.3. The molecule has 7 heteroatoms. The molecule has 1 heterocycles. The number of carbonyl (C=O) groups excluding carboxylic acids is 1. The van der Waals surface area contributed by atoms with Gasteiger partial charge in [-0.2, -0.15) is 13.2 Å². The lowest BCUT2D eigenvalue weighted by molar-refractivity contribution is -0.183. The normalized spacial score (nSPS) is 23.1. The number of carbonyl (C=O) groups is 1. The van der Waals surface area contributed by atoms with E-state index in [2.05, 4.69) is 5.32 Å². The second kappa shape index (κ2) is 6.30. The van der Waals surface area contributed by atoms with Crippen molar-refractivity contribution in [3.05, 3.63) is 0 Å². The van der Waals surface area contributed by atoms with Gasteiger partial charge in [0.05, 0.1) is 19.6 Å². The van der Waals surface area contributed by atoms with Crippen LogP contribution in [0.15, 0.2) is 0 Å². The van der Waals surface area contributed by atoms with Gasteiger partial charge in [-0.25, -0.2) is 0 Å². The third-order valence-electron chi connectivity index (χ3n) is 3.89. The molecule has 2 rings (SSSR count). The number of ether oxygens (including phenoxy) is 2. The van der Waals surface area contributed by atoms with Crippen LogP contribution in [-0.2, 0) is 14.3 Å². The van der Waals surface area contributed by atoms with E-state index in [1.807, 2.05) is 0 Å². The minimum Gasteiger partial charge on any atom is -0.356 e. The number of nitrogens with one attached hydrogen (secondary N) is 1. The van der Waals surface area contributed by atoms with Crippen LogP contribution in [0.1, 0.15) is 38.5 Å². The van der Waals surface area contributed by atoms with E-state index in [0.717, 1.165) is 25.7 Å². The topological polar surface area (TPSA) is 47.6 Å². The maximum absolute atomic E-state index is 12.0. The summed E-state index contributed by atoms with van der Waals surface area (Å²) in [7, 11) is 0. The van der Waals surface area contributed by atoms with Crippen molar-refractivity contribution in [3.8, 4) is 0 Å². The molecule has 0 aromatic rings. The first-order chi connectivity index (χ1) is 9.39. The van der Waals surface area contributed by atoms with E-state index in [1.54, 1.807) is 0 Å². The third-order valence-corrected chi connectivity index (χ3v) is 3.89.